The number of phenols is 1. The van der Waals surface area contributed by atoms with Gasteiger partial charge in [-0.15, -0.1) is 0 Å². The van der Waals surface area contributed by atoms with Crippen molar-refractivity contribution in [1.29, 1.82) is 0 Å². The summed E-state index contributed by atoms with van der Waals surface area (Å²) in [5.74, 6) is 0.328. The standard InChI is InChI=1S/C16H19NO/c1-13(17-15-5-3-2-4-6-15)7-8-14-9-11-16(18)12-10-14/h2-6,9-13,17-18H,7-8H2,1H3. The topological polar surface area (TPSA) is 32.3 Å². The third kappa shape index (κ3) is 3.81. The van der Waals surface area contributed by atoms with Crippen molar-refractivity contribution < 1.29 is 5.11 Å². The number of rotatable bonds is 5. The number of aromatic hydroxyl groups is 1. The van der Waals surface area contributed by atoms with E-state index in [1.165, 1.54) is 5.56 Å². The van der Waals surface area contributed by atoms with Crippen LogP contribution in [0.25, 0.3) is 0 Å². The minimum atomic E-state index is 0.328. The Balaban J connectivity index is 1.81. The van der Waals surface area contributed by atoms with Crippen LogP contribution < -0.4 is 5.32 Å². The van der Waals surface area contributed by atoms with Crippen molar-refractivity contribution in [3.8, 4) is 5.75 Å². The molecule has 0 bridgehead atoms. The third-order valence-corrected chi connectivity index (χ3v) is 2.99. The first kappa shape index (κ1) is 12.5. The van der Waals surface area contributed by atoms with Gasteiger partial charge in [0.15, 0.2) is 0 Å². The summed E-state index contributed by atoms with van der Waals surface area (Å²) in [7, 11) is 0. The molecule has 0 radical (unpaired) electrons. The van der Waals surface area contributed by atoms with Crippen LogP contribution in [0.3, 0.4) is 0 Å². The average molecular weight is 241 g/mol. The van der Waals surface area contributed by atoms with Crippen LogP contribution in [-0.2, 0) is 6.42 Å². The molecule has 2 N–H and O–H groups in total. The van der Waals surface area contributed by atoms with E-state index in [1.54, 1.807) is 12.1 Å². The van der Waals surface area contributed by atoms with E-state index in [9.17, 15) is 5.11 Å². The van der Waals surface area contributed by atoms with Gasteiger partial charge in [0.1, 0.15) is 5.75 Å². The molecule has 2 rings (SSSR count). The lowest BCUT2D eigenvalue weighted by Gasteiger charge is -2.15. The molecular formula is C16H19NO. The number of nitrogens with one attached hydrogen (secondary N) is 1. The van der Waals surface area contributed by atoms with E-state index in [-0.39, 0.29) is 0 Å². The Morgan fingerprint density at radius 1 is 1.00 bits per heavy atom. The second-order valence-electron chi connectivity index (χ2n) is 4.62. The molecule has 2 aromatic carbocycles. The monoisotopic (exact) mass is 241 g/mol. The molecule has 0 spiro atoms. The number of aryl methyl sites for hydroxylation is 1. The molecule has 1 unspecified atom stereocenters. The maximum Gasteiger partial charge on any atom is 0.115 e. The van der Waals surface area contributed by atoms with E-state index >= 15 is 0 Å². The third-order valence-electron chi connectivity index (χ3n) is 2.99. The van der Waals surface area contributed by atoms with Gasteiger partial charge in [0.2, 0.25) is 0 Å². The van der Waals surface area contributed by atoms with Crippen LogP contribution in [0.5, 0.6) is 5.75 Å². The molecule has 0 saturated carbocycles. The Bertz CT molecular complexity index is 464. The summed E-state index contributed by atoms with van der Waals surface area (Å²) in [4.78, 5) is 0. The molecule has 0 aliphatic heterocycles. The summed E-state index contributed by atoms with van der Waals surface area (Å²) in [6, 6.07) is 18.1. The molecule has 2 nitrogen and oxygen atoms in total. The van der Waals surface area contributed by atoms with Crippen LogP contribution >= 0.6 is 0 Å². The van der Waals surface area contributed by atoms with Crippen LogP contribution in [-0.4, -0.2) is 11.1 Å². The summed E-state index contributed by atoms with van der Waals surface area (Å²) in [6.45, 7) is 2.19. The van der Waals surface area contributed by atoms with E-state index in [0.717, 1.165) is 18.5 Å². The predicted molar refractivity (Wildman–Crippen MR) is 76.0 cm³/mol. The summed E-state index contributed by atoms with van der Waals surface area (Å²) < 4.78 is 0. The maximum absolute atomic E-state index is 9.22. The lowest BCUT2D eigenvalue weighted by Crippen LogP contribution is -2.15. The molecular weight excluding hydrogens is 222 g/mol. The molecule has 0 saturated heterocycles. The van der Waals surface area contributed by atoms with Crippen molar-refractivity contribution in [3.63, 3.8) is 0 Å². The molecule has 0 fully saturated rings. The predicted octanol–water partition coefficient (Wildman–Crippen LogP) is 3.83. The Morgan fingerprint density at radius 2 is 1.67 bits per heavy atom. The van der Waals surface area contributed by atoms with Gasteiger partial charge in [-0.25, -0.2) is 0 Å². The van der Waals surface area contributed by atoms with Gasteiger partial charge >= 0.3 is 0 Å². The van der Waals surface area contributed by atoms with Gasteiger partial charge in [0, 0.05) is 11.7 Å². The molecule has 0 aromatic heterocycles. The van der Waals surface area contributed by atoms with Crippen LogP contribution in [0, 0.1) is 0 Å². The van der Waals surface area contributed by atoms with Gasteiger partial charge in [-0.3, -0.25) is 0 Å². The zero-order valence-corrected chi connectivity index (χ0v) is 10.6. The molecule has 0 aliphatic carbocycles. The maximum atomic E-state index is 9.22. The Hall–Kier alpha value is -1.96. The lowest BCUT2D eigenvalue weighted by atomic mass is 10.1. The lowest BCUT2D eigenvalue weighted by molar-refractivity contribution is 0.475. The second kappa shape index (κ2) is 6.10. The highest BCUT2D eigenvalue weighted by Crippen LogP contribution is 2.14. The quantitative estimate of drug-likeness (QED) is 0.834. The van der Waals surface area contributed by atoms with Crippen molar-refractivity contribution in [2.24, 2.45) is 0 Å². The van der Waals surface area contributed by atoms with Crippen LogP contribution in [0.1, 0.15) is 18.9 Å². The molecule has 18 heavy (non-hydrogen) atoms. The zero-order valence-electron chi connectivity index (χ0n) is 10.6. The fraction of sp³-hybridized carbons (Fsp3) is 0.250. The van der Waals surface area contributed by atoms with E-state index in [0.29, 0.717) is 11.8 Å². The molecule has 0 heterocycles. The highest BCUT2D eigenvalue weighted by Gasteiger charge is 2.02. The molecule has 1 atom stereocenters. The summed E-state index contributed by atoms with van der Waals surface area (Å²) in [5, 5.41) is 12.7. The molecule has 2 aromatic rings. The first-order valence-electron chi connectivity index (χ1n) is 6.33. The summed E-state index contributed by atoms with van der Waals surface area (Å²) in [6.07, 6.45) is 2.08. The van der Waals surface area contributed by atoms with Crippen LogP contribution in [0.2, 0.25) is 0 Å². The van der Waals surface area contributed by atoms with Crippen molar-refractivity contribution in [1.82, 2.24) is 0 Å². The Morgan fingerprint density at radius 3 is 2.33 bits per heavy atom. The first-order chi connectivity index (χ1) is 8.74. The smallest absolute Gasteiger partial charge is 0.115 e. The van der Waals surface area contributed by atoms with Gasteiger partial charge in [0.25, 0.3) is 0 Å². The minimum Gasteiger partial charge on any atom is -0.508 e. The largest absolute Gasteiger partial charge is 0.508 e. The number of hydrogen-bond donors (Lipinski definition) is 2. The van der Waals surface area contributed by atoms with Crippen molar-refractivity contribution in [2.45, 2.75) is 25.8 Å². The summed E-state index contributed by atoms with van der Waals surface area (Å²) >= 11 is 0. The van der Waals surface area contributed by atoms with Crippen molar-refractivity contribution >= 4 is 5.69 Å². The van der Waals surface area contributed by atoms with Gasteiger partial charge < -0.3 is 10.4 Å². The van der Waals surface area contributed by atoms with Gasteiger partial charge in [-0.05, 0) is 49.6 Å². The van der Waals surface area contributed by atoms with Crippen LogP contribution in [0.4, 0.5) is 5.69 Å². The molecule has 0 amide bonds. The Kier molecular flexibility index (Phi) is 4.24. The highest BCUT2D eigenvalue weighted by atomic mass is 16.3. The molecule has 2 heteroatoms. The number of benzene rings is 2. The van der Waals surface area contributed by atoms with Crippen molar-refractivity contribution in [3.05, 3.63) is 60.2 Å². The van der Waals surface area contributed by atoms with Gasteiger partial charge in [-0.2, -0.15) is 0 Å². The number of hydrogen-bond acceptors (Lipinski definition) is 2. The SMILES string of the molecule is CC(CCc1ccc(O)cc1)Nc1ccccc1. The second-order valence-corrected chi connectivity index (χ2v) is 4.62. The minimum absolute atomic E-state index is 0.328. The van der Waals surface area contributed by atoms with Crippen molar-refractivity contribution in [2.75, 3.05) is 5.32 Å². The molecule has 0 aliphatic rings. The Labute approximate surface area is 108 Å². The first-order valence-corrected chi connectivity index (χ1v) is 6.33. The van der Waals surface area contributed by atoms with E-state index in [1.807, 2.05) is 30.3 Å². The highest BCUT2D eigenvalue weighted by molar-refractivity contribution is 5.43. The molecule has 94 valence electrons. The van der Waals surface area contributed by atoms with E-state index in [4.69, 9.17) is 0 Å². The zero-order chi connectivity index (χ0) is 12.8. The normalized spacial score (nSPS) is 12.1. The van der Waals surface area contributed by atoms with Crippen LogP contribution in [0.15, 0.2) is 54.6 Å². The van der Waals surface area contributed by atoms with Gasteiger partial charge in [0.05, 0.1) is 0 Å². The number of para-hydroxylation sites is 1. The number of anilines is 1. The summed E-state index contributed by atoms with van der Waals surface area (Å²) in [5.41, 5.74) is 2.42. The average Bonchev–Trinajstić information content (AvgIpc) is 2.39. The van der Waals surface area contributed by atoms with Gasteiger partial charge in [-0.1, -0.05) is 30.3 Å². The van der Waals surface area contributed by atoms with E-state index in [2.05, 4.69) is 24.4 Å². The fourth-order valence-corrected chi connectivity index (χ4v) is 1.94. The van der Waals surface area contributed by atoms with E-state index < -0.39 is 0 Å². The number of phenolic OH excluding ortho intramolecular Hbond substituents is 1. The fourth-order valence-electron chi connectivity index (χ4n) is 1.94.